The number of aromatic nitrogens is 3. The highest BCUT2D eigenvalue weighted by Crippen LogP contribution is 2.44. The Hall–Kier alpha value is -5.31. The van der Waals surface area contributed by atoms with Crippen molar-refractivity contribution in [1.82, 2.24) is 25.6 Å². The number of nitrogens with one attached hydrogen (secondary N) is 2. The van der Waals surface area contributed by atoms with Crippen molar-refractivity contribution in [3.05, 3.63) is 120 Å². The average molecular weight is 546 g/mol. The SMILES string of the molecule is O=C(CNC(=O)OCC1c2ccccc2-c2ccccc21)N[C@@H](Cc1ccccc1)C(=O)n1nnc2ccccc21. The smallest absolute Gasteiger partial charge is 0.407 e. The molecule has 1 heterocycles. The molecule has 1 aliphatic rings. The van der Waals surface area contributed by atoms with Crippen molar-refractivity contribution >= 4 is 28.9 Å². The number of rotatable bonds is 8. The minimum atomic E-state index is -0.931. The second-order valence-corrected chi connectivity index (χ2v) is 9.82. The van der Waals surface area contributed by atoms with Crippen LogP contribution in [0.1, 0.15) is 27.4 Å². The van der Waals surface area contributed by atoms with E-state index in [0.29, 0.717) is 11.0 Å². The van der Waals surface area contributed by atoms with Crippen molar-refractivity contribution in [3.8, 4) is 11.1 Å². The Bertz CT molecular complexity index is 1690. The highest BCUT2D eigenvalue weighted by molar-refractivity contribution is 5.95. The molecule has 2 amide bonds. The Kier molecular flexibility index (Phi) is 7.23. The van der Waals surface area contributed by atoms with E-state index in [-0.39, 0.29) is 25.5 Å². The van der Waals surface area contributed by atoms with Gasteiger partial charge < -0.3 is 15.4 Å². The van der Waals surface area contributed by atoms with Gasteiger partial charge in [0.25, 0.3) is 5.91 Å². The van der Waals surface area contributed by atoms with Crippen LogP contribution >= 0.6 is 0 Å². The number of nitrogens with zero attached hydrogens (tertiary/aromatic N) is 3. The number of hydrogen-bond donors (Lipinski definition) is 2. The Balaban J connectivity index is 1.09. The molecule has 1 atom stereocenters. The van der Waals surface area contributed by atoms with Gasteiger partial charge in [0.15, 0.2) is 0 Å². The first kappa shape index (κ1) is 25.9. The Labute approximate surface area is 236 Å². The van der Waals surface area contributed by atoms with Gasteiger partial charge in [-0.25, -0.2) is 4.79 Å². The largest absolute Gasteiger partial charge is 0.449 e. The topological polar surface area (TPSA) is 115 Å². The van der Waals surface area contributed by atoms with E-state index in [2.05, 4.69) is 33.1 Å². The molecule has 0 unspecified atom stereocenters. The number of carbonyl (C=O) groups is 3. The van der Waals surface area contributed by atoms with E-state index in [1.807, 2.05) is 72.8 Å². The Morgan fingerprint density at radius 1 is 0.805 bits per heavy atom. The van der Waals surface area contributed by atoms with Gasteiger partial charge in [-0.2, -0.15) is 4.68 Å². The molecule has 6 rings (SSSR count). The van der Waals surface area contributed by atoms with E-state index < -0.39 is 23.9 Å². The van der Waals surface area contributed by atoms with Crippen LogP contribution in [0, 0.1) is 0 Å². The lowest BCUT2D eigenvalue weighted by Crippen LogP contribution is -2.48. The lowest BCUT2D eigenvalue weighted by Gasteiger charge is -2.18. The van der Waals surface area contributed by atoms with Gasteiger partial charge in [0.05, 0.1) is 5.52 Å². The van der Waals surface area contributed by atoms with Gasteiger partial charge >= 0.3 is 6.09 Å². The summed E-state index contributed by atoms with van der Waals surface area (Å²) in [4.78, 5) is 38.9. The lowest BCUT2D eigenvalue weighted by molar-refractivity contribution is -0.120. The normalized spacial score (nSPS) is 12.8. The molecular weight excluding hydrogens is 518 g/mol. The summed E-state index contributed by atoms with van der Waals surface area (Å²) in [7, 11) is 0. The van der Waals surface area contributed by atoms with Crippen molar-refractivity contribution in [3.63, 3.8) is 0 Å². The van der Waals surface area contributed by atoms with E-state index in [9.17, 15) is 14.4 Å². The first-order valence-electron chi connectivity index (χ1n) is 13.4. The molecular formula is C32H27N5O4. The summed E-state index contributed by atoms with van der Waals surface area (Å²) in [5.41, 5.74) is 6.44. The van der Waals surface area contributed by atoms with Gasteiger partial charge in [-0.1, -0.05) is 96.2 Å². The zero-order chi connectivity index (χ0) is 28.2. The molecule has 2 N–H and O–H groups in total. The maximum Gasteiger partial charge on any atom is 0.407 e. The first-order valence-corrected chi connectivity index (χ1v) is 13.4. The van der Waals surface area contributed by atoms with Crippen molar-refractivity contribution < 1.29 is 19.1 Å². The molecule has 0 spiro atoms. The zero-order valence-corrected chi connectivity index (χ0v) is 22.1. The van der Waals surface area contributed by atoms with Crippen LogP contribution in [0.5, 0.6) is 0 Å². The highest BCUT2D eigenvalue weighted by Gasteiger charge is 2.29. The van der Waals surface area contributed by atoms with Crippen molar-refractivity contribution in [2.24, 2.45) is 0 Å². The number of carbonyl (C=O) groups excluding carboxylic acids is 3. The number of amides is 2. The highest BCUT2D eigenvalue weighted by atomic mass is 16.5. The third kappa shape index (κ3) is 5.42. The summed E-state index contributed by atoms with van der Waals surface area (Å²) in [6, 6.07) is 31.7. The van der Waals surface area contributed by atoms with Gasteiger partial charge in [0, 0.05) is 12.3 Å². The molecule has 0 saturated heterocycles. The van der Waals surface area contributed by atoms with E-state index in [1.165, 1.54) is 4.68 Å². The molecule has 0 fully saturated rings. The molecule has 9 nitrogen and oxygen atoms in total. The quantitative estimate of drug-likeness (QED) is 0.300. The predicted octanol–water partition coefficient (Wildman–Crippen LogP) is 4.34. The summed E-state index contributed by atoms with van der Waals surface area (Å²) < 4.78 is 6.72. The number of fused-ring (bicyclic) bond motifs is 4. The number of hydrogen-bond acceptors (Lipinski definition) is 6. The minimum absolute atomic E-state index is 0.0904. The maximum atomic E-state index is 13.5. The number of ether oxygens (including phenoxy) is 1. The Morgan fingerprint density at radius 3 is 2.17 bits per heavy atom. The molecule has 41 heavy (non-hydrogen) atoms. The van der Waals surface area contributed by atoms with Crippen molar-refractivity contribution in [2.45, 2.75) is 18.4 Å². The molecule has 1 aliphatic carbocycles. The second kappa shape index (κ2) is 11.4. The monoisotopic (exact) mass is 545 g/mol. The maximum absolute atomic E-state index is 13.5. The third-order valence-corrected chi connectivity index (χ3v) is 7.21. The summed E-state index contributed by atoms with van der Waals surface area (Å²) in [6.45, 7) is -0.219. The average Bonchev–Trinajstić information content (AvgIpc) is 3.58. The van der Waals surface area contributed by atoms with Crippen LogP contribution in [0.15, 0.2) is 103 Å². The van der Waals surface area contributed by atoms with Gasteiger partial charge in [-0.05, 0) is 39.9 Å². The number of para-hydroxylation sites is 1. The number of benzene rings is 4. The standard InChI is InChI=1S/C32H27N5O4/c38-30(19-33-32(40)41-20-26-24-14-6-4-12-22(24)23-13-5-7-15-25(23)26)34-28(18-21-10-2-1-3-11-21)31(39)37-29-17-9-8-16-27(29)35-36-37/h1-17,26,28H,18-20H2,(H,33,40)(H,34,38)/t28-/m0/s1. The van der Waals surface area contributed by atoms with Gasteiger partial charge in [-0.15, -0.1) is 5.10 Å². The molecule has 0 radical (unpaired) electrons. The third-order valence-electron chi connectivity index (χ3n) is 7.21. The number of alkyl carbamates (subject to hydrolysis) is 1. The van der Waals surface area contributed by atoms with Crippen LogP contribution in [0.25, 0.3) is 22.2 Å². The molecule has 0 bridgehead atoms. The van der Waals surface area contributed by atoms with Crippen LogP contribution in [-0.2, 0) is 16.0 Å². The molecule has 0 aliphatic heterocycles. The first-order chi connectivity index (χ1) is 20.1. The molecule has 0 saturated carbocycles. The van der Waals surface area contributed by atoms with Crippen LogP contribution in [-0.4, -0.2) is 52.1 Å². The van der Waals surface area contributed by atoms with E-state index in [1.54, 1.807) is 18.2 Å². The fourth-order valence-electron chi connectivity index (χ4n) is 5.28. The molecule has 1 aromatic heterocycles. The van der Waals surface area contributed by atoms with Gasteiger partial charge in [0.2, 0.25) is 5.91 Å². The lowest BCUT2D eigenvalue weighted by atomic mass is 9.98. The summed E-state index contributed by atoms with van der Waals surface area (Å²) in [5, 5.41) is 13.3. The van der Waals surface area contributed by atoms with Crippen LogP contribution < -0.4 is 10.6 Å². The zero-order valence-electron chi connectivity index (χ0n) is 22.1. The summed E-state index contributed by atoms with van der Waals surface area (Å²) in [6.07, 6.45) is -0.472. The summed E-state index contributed by atoms with van der Waals surface area (Å²) >= 11 is 0. The predicted molar refractivity (Wildman–Crippen MR) is 153 cm³/mol. The Morgan fingerprint density at radius 2 is 1.44 bits per heavy atom. The van der Waals surface area contributed by atoms with Gasteiger partial charge in [-0.3, -0.25) is 9.59 Å². The van der Waals surface area contributed by atoms with Crippen LogP contribution in [0.3, 0.4) is 0 Å². The molecule has 4 aromatic carbocycles. The van der Waals surface area contributed by atoms with E-state index in [4.69, 9.17) is 4.74 Å². The second-order valence-electron chi connectivity index (χ2n) is 9.82. The van der Waals surface area contributed by atoms with E-state index >= 15 is 0 Å². The molecule has 204 valence electrons. The van der Waals surface area contributed by atoms with Crippen LogP contribution in [0.4, 0.5) is 4.79 Å². The fourth-order valence-corrected chi connectivity index (χ4v) is 5.28. The van der Waals surface area contributed by atoms with E-state index in [0.717, 1.165) is 27.8 Å². The van der Waals surface area contributed by atoms with Gasteiger partial charge in [0.1, 0.15) is 24.7 Å². The fraction of sp³-hybridized carbons (Fsp3) is 0.156. The minimum Gasteiger partial charge on any atom is -0.449 e. The van der Waals surface area contributed by atoms with Crippen molar-refractivity contribution in [2.75, 3.05) is 13.2 Å². The summed E-state index contributed by atoms with van der Waals surface area (Å²) in [5.74, 6) is -1.05. The molecule has 9 heteroatoms. The van der Waals surface area contributed by atoms with Crippen LogP contribution in [0.2, 0.25) is 0 Å². The molecule has 5 aromatic rings. The van der Waals surface area contributed by atoms with Crippen molar-refractivity contribution in [1.29, 1.82) is 0 Å².